The third-order valence-corrected chi connectivity index (χ3v) is 3.59. The maximum Gasteiger partial charge on any atom is 0.231 e. The molecule has 0 bridgehead atoms. The van der Waals surface area contributed by atoms with Crippen LogP contribution >= 0.6 is 12.4 Å². The van der Waals surface area contributed by atoms with Crippen molar-refractivity contribution in [2.45, 2.75) is 13.3 Å². The van der Waals surface area contributed by atoms with Gasteiger partial charge in [-0.2, -0.15) is 0 Å². The van der Waals surface area contributed by atoms with Crippen LogP contribution in [0.3, 0.4) is 0 Å². The van der Waals surface area contributed by atoms with Gasteiger partial charge in [0.15, 0.2) is 0 Å². The zero-order valence-electron chi connectivity index (χ0n) is 12.5. The summed E-state index contributed by atoms with van der Waals surface area (Å²) in [6.45, 7) is 4.70. The van der Waals surface area contributed by atoms with Crippen LogP contribution in [-0.2, 0) is 9.53 Å². The minimum absolute atomic E-state index is 0. The molecule has 1 unspecified atom stereocenters. The topological polar surface area (TPSA) is 59.6 Å². The monoisotopic (exact) mass is 314 g/mol. The zero-order chi connectivity index (χ0) is 14.4. The number of carbonyl (C=O) groups is 1. The van der Waals surface area contributed by atoms with E-state index in [2.05, 4.69) is 10.6 Å². The number of nitrogens with one attached hydrogen (secondary N) is 2. The van der Waals surface area contributed by atoms with E-state index in [1.807, 2.05) is 31.2 Å². The number of rotatable bonds is 6. The summed E-state index contributed by atoms with van der Waals surface area (Å²) in [7, 11) is 1.64. The van der Waals surface area contributed by atoms with Crippen LogP contribution < -0.4 is 15.4 Å². The van der Waals surface area contributed by atoms with E-state index in [0.717, 1.165) is 30.9 Å². The number of amides is 1. The number of methoxy groups -OCH3 is 1. The number of ether oxygens (including phenoxy) is 2. The Hall–Kier alpha value is -1.30. The lowest BCUT2D eigenvalue weighted by molar-refractivity contribution is -0.123. The number of benzene rings is 1. The second kappa shape index (κ2) is 8.22. The van der Waals surface area contributed by atoms with Crippen molar-refractivity contribution >= 4 is 24.0 Å². The molecule has 0 radical (unpaired) electrons. The van der Waals surface area contributed by atoms with Crippen molar-refractivity contribution in [2.24, 2.45) is 5.41 Å². The van der Waals surface area contributed by atoms with Crippen LogP contribution in [0.15, 0.2) is 24.3 Å². The van der Waals surface area contributed by atoms with E-state index < -0.39 is 0 Å². The Morgan fingerprint density at radius 2 is 2.05 bits per heavy atom. The van der Waals surface area contributed by atoms with Crippen LogP contribution in [0.25, 0.3) is 0 Å². The summed E-state index contributed by atoms with van der Waals surface area (Å²) in [6.07, 6.45) is 0.872. The molecule has 2 rings (SSSR count). The number of hydrogen-bond acceptors (Lipinski definition) is 4. The lowest BCUT2D eigenvalue weighted by Gasteiger charge is -2.21. The van der Waals surface area contributed by atoms with Crippen molar-refractivity contribution in [3.05, 3.63) is 24.3 Å². The third kappa shape index (κ3) is 4.88. The Balaban J connectivity index is 0.00000220. The summed E-state index contributed by atoms with van der Waals surface area (Å²) >= 11 is 0. The predicted octanol–water partition coefficient (Wildman–Crippen LogP) is 2.07. The Labute approximate surface area is 131 Å². The summed E-state index contributed by atoms with van der Waals surface area (Å²) in [6, 6.07) is 7.40. The summed E-state index contributed by atoms with van der Waals surface area (Å²) in [5, 5.41) is 6.18. The van der Waals surface area contributed by atoms with Gasteiger partial charge in [0, 0.05) is 19.3 Å². The highest BCUT2D eigenvalue weighted by Gasteiger charge is 2.36. The Morgan fingerprint density at radius 3 is 2.62 bits per heavy atom. The van der Waals surface area contributed by atoms with Gasteiger partial charge in [-0.3, -0.25) is 4.79 Å². The van der Waals surface area contributed by atoms with Gasteiger partial charge in [-0.15, -0.1) is 12.4 Å². The van der Waals surface area contributed by atoms with Crippen molar-refractivity contribution in [1.29, 1.82) is 0 Å². The molecule has 2 N–H and O–H groups in total. The van der Waals surface area contributed by atoms with Crippen LogP contribution in [0.4, 0.5) is 5.69 Å². The molecule has 1 heterocycles. The second-order valence-electron chi connectivity index (χ2n) is 5.31. The molecule has 1 atom stereocenters. The number of carbonyl (C=O) groups excluding carboxylic acids is 1. The molecule has 1 aliphatic heterocycles. The van der Waals surface area contributed by atoms with Gasteiger partial charge >= 0.3 is 0 Å². The smallest absolute Gasteiger partial charge is 0.231 e. The molecule has 6 heteroatoms. The number of anilines is 1. The van der Waals surface area contributed by atoms with Gasteiger partial charge in [0.2, 0.25) is 5.91 Å². The normalized spacial score (nSPS) is 20.7. The van der Waals surface area contributed by atoms with Crippen LogP contribution in [0.1, 0.15) is 13.3 Å². The fourth-order valence-corrected chi connectivity index (χ4v) is 2.17. The maximum atomic E-state index is 12.2. The molecule has 1 saturated heterocycles. The number of halogens is 1. The Morgan fingerprint density at radius 1 is 1.33 bits per heavy atom. The molecule has 118 valence electrons. The summed E-state index contributed by atoms with van der Waals surface area (Å²) < 4.78 is 10.4. The molecule has 5 nitrogen and oxygen atoms in total. The summed E-state index contributed by atoms with van der Waals surface area (Å²) in [4.78, 5) is 12.2. The van der Waals surface area contributed by atoms with Gasteiger partial charge in [-0.1, -0.05) is 0 Å². The maximum absolute atomic E-state index is 12.2. The molecule has 1 amide bonds. The third-order valence-electron chi connectivity index (χ3n) is 3.59. The second-order valence-corrected chi connectivity index (χ2v) is 5.31. The van der Waals surface area contributed by atoms with Crippen LogP contribution in [0.5, 0.6) is 5.75 Å². The molecule has 0 aromatic heterocycles. The van der Waals surface area contributed by atoms with Crippen molar-refractivity contribution < 1.29 is 14.3 Å². The van der Waals surface area contributed by atoms with E-state index in [1.165, 1.54) is 0 Å². The van der Waals surface area contributed by atoms with Gasteiger partial charge in [-0.05, 0) is 44.2 Å². The van der Waals surface area contributed by atoms with Crippen LogP contribution in [-0.4, -0.2) is 39.3 Å². The van der Waals surface area contributed by atoms with Crippen LogP contribution in [0, 0.1) is 5.41 Å². The SMILES string of the molecule is COCCOc1ccc(NC(=O)C2(C)CCNC2)cc1.Cl. The standard InChI is InChI=1S/C15H22N2O3.ClH/c1-15(7-8-16-11-15)14(18)17-12-3-5-13(6-4-12)20-10-9-19-2;/h3-6,16H,7-11H2,1-2H3,(H,17,18);1H. The molecule has 1 fully saturated rings. The van der Waals surface area contributed by atoms with Gasteiger partial charge in [0.25, 0.3) is 0 Å². The minimum Gasteiger partial charge on any atom is -0.491 e. The first kappa shape index (κ1) is 17.8. The van der Waals surface area contributed by atoms with E-state index in [-0.39, 0.29) is 23.7 Å². The fraction of sp³-hybridized carbons (Fsp3) is 0.533. The molecule has 1 aromatic carbocycles. The first-order valence-corrected chi connectivity index (χ1v) is 6.88. The summed E-state index contributed by atoms with van der Waals surface area (Å²) in [5.74, 6) is 0.837. The lowest BCUT2D eigenvalue weighted by Crippen LogP contribution is -2.35. The van der Waals surface area contributed by atoms with E-state index >= 15 is 0 Å². The average molecular weight is 315 g/mol. The fourth-order valence-electron chi connectivity index (χ4n) is 2.17. The molecular formula is C15H23ClN2O3. The highest BCUT2D eigenvalue weighted by atomic mass is 35.5. The van der Waals surface area contributed by atoms with Crippen molar-refractivity contribution in [1.82, 2.24) is 5.32 Å². The quantitative estimate of drug-likeness (QED) is 0.789. The highest BCUT2D eigenvalue weighted by molar-refractivity contribution is 5.95. The molecule has 0 spiro atoms. The van der Waals surface area contributed by atoms with E-state index in [1.54, 1.807) is 7.11 Å². The van der Waals surface area contributed by atoms with Gasteiger partial charge in [0.05, 0.1) is 12.0 Å². The Kier molecular flexibility index (Phi) is 6.95. The van der Waals surface area contributed by atoms with E-state index in [0.29, 0.717) is 13.2 Å². The molecule has 0 saturated carbocycles. The molecule has 21 heavy (non-hydrogen) atoms. The molecular weight excluding hydrogens is 292 g/mol. The number of hydrogen-bond donors (Lipinski definition) is 2. The van der Waals surface area contributed by atoms with E-state index in [4.69, 9.17) is 9.47 Å². The average Bonchev–Trinajstić information content (AvgIpc) is 2.89. The first-order chi connectivity index (χ1) is 9.64. The first-order valence-electron chi connectivity index (χ1n) is 6.88. The van der Waals surface area contributed by atoms with Gasteiger partial charge in [-0.25, -0.2) is 0 Å². The molecule has 0 aliphatic carbocycles. The largest absolute Gasteiger partial charge is 0.491 e. The zero-order valence-corrected chi connectivity index (χ0v) is 13.3. The highest BCUT2D eigenvalue weighted by Crippen LogP contribution is 2.26. The van der Waals surface area contributed by atoms with Crippen molar-refractivity contribution in [3.8, 4) is 5.75 Å². The molecule has 1 aliphatic rings. The Bertz CT molecular complexity index is 445. The molecule has 1 aromatic rings. The van der Waals surface area contributed by atoms with Gasteiger partial charge < -0.3 is 20.1 Å². The van der Waals surface area contributed by atoms with Crippen LogP contribution in [0.2, 0.25) is 0 Å². The van der Waals surface area contributed by atoms with E-state index in [9.17, 15) is 4.79 Å². The van der Waals surface area contributed by atoms with Crippen molar-refractivity contribution in [3.63, 3.8) is 0 Å². The lowest BCUT2D eigenvalue weighted by atomic mass is 9.89. The predicted molar refractivity (Wildman–Crippen MR) is 85.3 cm³/mol. The summed E-state index contributed by atoms with van der Waals surface area (Å²) in [5.41, 5.74) is 0.482. The van der Waals surface area contributed by atoms with Gasteiger partial charge in [0.1, 0.15) is 12.4 Å². The van der Waals surface area contributed by atoms with Crippen molar-refractivity contribution in [2.75, 3.05) is 38.7 Å². The minimum atomic E-state index is -0.312.